The van der Waals surface area contributed by atoms with E-state index in [0.717, 1.165) is 31.6 Å². The largest absolute Gasteiger partial charge is 0.335 e. The SMILES string of the molecule is CCCn1ccnc1CC(N)C(C)(CC)N1CCCC1. The van der Waals surface area contributed by atoms with Crippen molar-refractivity contribution in [3.8, 4) is 0 Å². The second-order valence-corrected chi connectivity index (χ2v) is 6.25. The van der Waals surface area contributed by atoms with E-state index in [1.54, 1.807) is 0 Å². The minimum Gasteiger partial charge on any atom is -0.335 e. The molecule has 2 unspecified atom stereocenters. The molecule has 1 aromatic heterocycles. The van der Waals surface area contributed by atoms with Crippen molar-refractivity contribution < 1.29 is 0 Å². The zero-order valence-electron chi connectivity index (χ0n) is 13.3. The fraction of sp³-hybridized carbons (Fsp3) is 0.812. The third-order valence-corrected chi connectivity index (χ3v) is 5.01. The number of aromatic nitrogens is 2. The van der Waals surface area contributed by atoms with Gasteiger partial charge in [0, 0.05) is 36.9 Å². The van der Waals surface area contributed by atoms with Gasteiger partial charge in [-0.15, -0.1) is 0 Å². The van der Waals surface area contributed by atoms with E-state index in [1.807, 2.05) is 6.20 Å². The number of nitrogens with zero attached hydrogens (tertiary/aromatic N) is 3. The van der Waals surface area contributed by atoms with Gasteiger partial charge in [0.15, 0.2) is 0 Å². The van der Waals surface area contributed by atoms with E-state index in [2.05, 4.69) is 41.4 Å². The molecule has 0 radical (unpaired) electrons. The van der Waals surface area contributed by atoms with E-state index in [9.17, 15) is 0 Å². The molecule has 2 rings (SSSR count). The Morgan fingerprint density at radius 1 is 1.35 bits per heavy atom. The Morgan fingerprint density at radius 2 is 2.05 bits per heavy atom. The fourth-order valence-corrected chi connectivity index (χ4v) is 3.34. The van der Waals surface area contributed by atoms with Crippen LogP contribution < -0.4 is 5.73 Å². The lowest BCUT2D eigenvalue weighted by atomic mass is 9.86. The Morgan fingerprint density at radius 3 is 2.65 bits per heavy atom. The van der Waals surface area contributed by atoms with Crippen LogP contribution in [-0.4, -0.2) is 39.1 Å². The first kappa shape index (κ1) is 15.5. The van der Waals surface area contributed by atoms with E-state index in [-0.39, 0.29) is 11.6 Å². The number of aryl methyl sites for hydroxylation is 1. The molecule has 1 fully saturated rings. The normalized spacial score (nSPS) is 21.0. The molecular weight excluding hydrogens is 248 g/mol. The molecule has 2 atom stereocenters. The van der Waals surface area contributed by atoms with Crippen LogP contribution in [-0.2, 0) is 13.0 Å². The molecule has 0 aromatic carbocycles. The molecule has 1 saturated heterocycles. The molecule has 1 aliphatic heterocycles. The summed E-state index contributed by atoms with van der Waals surface area (Å²) in [5.41, 5.74) is 6.70. The van der Waals surface area contributed by atoms with Crippen molar-refractivity contribution in [2.24, 2.45) is 5.73 Å². The highest BCUT2D eigenvalue weighted by atomic mass is 15.2. The number of hydrogen-bond acceptors (Lipinski definition) is 3. The van der Waals surface area contributed by atoms with Gasteiger partial charge >= 0.3 is 0 Å². The van der Waals surface area contributed by atoms with E-state index < -0.39 is 0 Å². The first-order valence-corrected chi connectivity index (χ1v) is 8.12. The van der Waals surface area contributed by atoms with Crippen molar-refractivity contribution >= 4 is 0 Å². The van der Waals surface area contributed by atoms with Crippen molar-refractivity contribution in [3.05, 3.63) is 18.2 Å². The molecule has 4 nitrogen and oxygen atoms in total. The summed E-state index contributed by atoms with van der Waals surface area (Å²) in [5.74, 6) is 1.14. The van der Waals surface area contributed by atoms with Gasteiger partial charge in [-0.25, -0.2) is 4.98 Å². The highest BCUT2D eigenvalue weighted by Crippen LogP contribution is 2.28. The molecule has 0 spiro atoms. The first-order valence-electron chi connectivity index (χ1n) is 8.12. The molecule has 20 heavy (non-hydrogen) atoms. The summed E-state index contributed by atoms with van der Waals surface area (Å²) in [7, 11) is 0. The van der Waals surface area contributed by atoms with Crippen molar-refractivity contribution in [1.82, 2.24) is 14.5 Å². The molecule has 1 aromatic rings. The maximum absolute atomic E-state index is 6.60. The Labute approximate surface area is 123 Å². The van der Waals surface area contributed by atoms with Crippen LogP contribution in [0.2, 0.25) is 0 Å². The van der Waals surface area contributed by atoms with E-state index in [4.69, 9.17) is 5.73 Å². The maximum atomic E-state index is 6.60. The zero-order valence-corrected chi connectivity index (χ0v) is 13.3. The van der Waals surface area contributed by atoms with Crippen LogP contribution in [0, 0.1) is 0 Å². The predicted molar refractivity (Wildman–Crippen MR) is 83.7 cm³/mol. The van der Waals surface area contributed by atoms with Gasteiger partial charge in [-0.1, -0.05) is 13.8 Å². The van der Waals surface area contributed by atoms with E-state index in [0.29, 0.717) is 0 Å². The lowest BCUT2D eigenvalue weighted by Crippen LogP contribution is -2.57. The average Bonchev–Trinajstić information content (AvgIpc) is 3.10. The number of hydrogen-bond donors (Lipinski definition) is 1. The van der Waals surface area contributed by atoms with Gasteiger partial charge in [0.2, 0.25) is 0 Å². The lowest BCUT2D eigenvalue weighted by molar-refractivity contribution is 0.0987. The number of imidazole rings is 1. The summed E-state index contributed by atoms with van der Waals surface area (Å²) in [6.45, 7) is 10.2. The van der Waals surface area contributed by atoms with Gasteiger partial charge in [0.05, 0.1) is 0 Å². The third-order valence-electron chi connectivity index (χ3n) is 5.01. The van der Waals surface area contributed by atoms with Crippen molar-refractivity contribution in [3.63, 3.8) is 0 Å². The molecule has 4 heteroatoms. The van der Waals surface area contributed by atoms with Crippen LogP contribution >= 0.6 is 0 Å². The minimum absolute atomic E-state index is 0.0967. The molecule has 1 aliphatic rings. The second-order valence-electron chi connectivity index (χ2n) is 6.25. The Bertz CT molecular complexity index is 408. The zero-order chi connectivity index (χ0) is 14.6. The molecule has 2 N–H and O–H groups in total. The second kappa shape index (κ2) is 6.72. The Balaban J connectivity index is 2.08. The third kappa shape index (κ3) is 3.07. The van der Waals surface area contributed by atoms with Crippen molar-refractivity contribution in [2.75, 3.05) is 13.1 Å². The molecule has 0 aliphatic carbocycles. The van der Waals surface area contributed by atoms with Gasteiger partial charge in [-0.05, 0) is 45.7 Å². The molecule has 0 bridgehead atoms. The predicted octanol–water partition coefficient (Wildman–Crippen LogP) is 2.43. The van der Waals surface area contributed by atoms with Gasteiger partial charge in [-0.2, -0.15) is 0 Å². The Kier molecular flexibility index (Phi) is 5.22. The highest BCUT2D eigenvalue weighted by Gasteiger charge is 2.37. The molecule has 0 amide bonds. The van der Waals surface area contributed by atoms with Crippen molar-refractivity contribution in [2.45, 2.75) is 71.0 Å². The number of likely N-dealkylation sites (tertiary alicyclic amines) is 1. The van der Waals surface area contributed by atoms with Crippen LogP contribution in [0.25, 0.3) is 0 Å². The summed E-state index contributed by atoms with van der Waals surface area (Å²) in [6.07, 6.45) is 9.70. The maximum Gasteiger partial charge on any atom is 0.110 e. The number of nitrogens with two attached hydrogens (primary N) is 1. The van der Waals surface area contributed by atoms with Crippen LogP contribution in [0.4, 0.5) is 0 Å². The molecule has 114 valence electrons. The van der Waals surface area contributed by atoms with Gasteiger partial charge in [-0.3, -0.25) is 4.90 Å². The number of rotatable bonds is 7. The smallest absolute Gasteiger partial charge is 0.110 e. The standard InChI is InChI=1S/C16H30N4/c1-4-9-19-12-8-18-15(19)13-14(17)16(3,5-2)20-10-6-7-11-20/h8,12,14H,4-7,9-11,13,17H2,1-3H3. The lowest BCUT2D eigenvalue weighted by Gasteiger charge is -2.43. The van der Waals surface area contributed by atoms with Crippen LogP contribution in [0.5, 0.6) is 0 Å². The summed E-state index contributed by atoms with van der Waals surface area (Å²) >= 11 is 0. The molecule has 2 heterocycles. The molecular formula is C16H30N4. The Hall–Kier alpha value is -0.870. The van der Waals surface area contributed by atoms with Gasteiger partial charge in [0.25, 0.3) is 0 Å². The average molecular weight is 278 g/mol. The summed E-state index contributed by atoms with van der Waals surface area (Å²) in [4.78, 5) is 7.10. The van der Waals surface area contributed by atoms with Crippen molar-refractivity contribution in [1.29, 1.82) is 0 Å². The van der Waals surface area contributed by atoms with Gasteiger partial charge < -0.3 is 10.3 Å². The fourth-order valence-electron chi connectivity index (χ4n) is 3.34. The topological polar surface area (TPSA) is 47.1 Å². The van der Waals surface area contributed by atoms with E-state index in [1.165, 1.54) is 25.9 Å². The first-order chi connectivity index (χ1) is 9.61. The van der Waals surface area contributed by atoms with Crippen LogP contribution in [0.15, 0.2) is 12.4 Å². The van der Waals surface area contributed by atoms with Crippen LogP contribution in [0.1, 0.15) is 52.3 Å². The van der Waals surface area contributed by atoms with Crippen LogP contribution in [0.3, 0.4) is 0 Å². The van der Waals surface area contributed by atoms with E-state index >= 15 is 0 Å². The summed E-state index contributed by atoms with van der Waals surface area (Å²) < 4.78 is 2.25. The quantitative estimate of drug-likeness (QED) is 0.833. The highest BCUT2D eigenvalue weighted by molar-refractivity contribution is 5.03. The minimum atomic E-state index is 0.0967. The monoisotopic (exact) mass is 278 g/mol. The van der Waals surface area contributed by atoms with Gasteiger partial charge in [0.1, 0.15) is 5.82 Å². The summed E-state index contributed by atoms with van der Waals surface area (Å²) in [6, 6.07) is 0.142. The summed E-state index contributed by atoms with van der Waals surface area (Å²) in [5, 5.41) is 0. The molecule has 0 saturated carbocycles.